The van der Waals surface area contributed by atoms with Crippen molar-refractivity contribution in [1.29, 1.82) is 0 Å². The first kappa shape index (κ1) is 19.0. The number of nitrogens with one attached hydrogen (secondary N) is 1. The summed E-state index contributed by atoms with van der Waals surface area (Å²) in [5.74, 6) is 0.262. The van der Waals surface area contributed by atoms with Crippen molar-refractivity contribution >= 4 is 45.2 Å². The van der Waals surface area contributed by atoms with E-state index in [0.717, 1.165) is 33.8 Å². The van der Waals surface area contributed by atoms with Crippen molar-refractivity contribution in [1.82, 2.24) is 19.8 Å². The lowest BCUT2D eigenvalue weighted by molar-refractivity contribution is -0.384. The van der Waals surface area contributed by atoms with Crippen molar-refractivity contribution in [3.63, 3.8) is 0 Å². The first-order chi connectivity index (χ1) is 14.0. The minimum absolute atomic E-state index is 0.0330. The highest BCUT2D eigenvalue weighted by molar-refractivity contribution is 7.19. The molecule has 0 aliphatic heterocycles. The van der Waals surface area contributed by atoms with E-state index in [1.165, 1.54) is 23.5 Å². The van der Waals surface area contributed by atoms with Gasteiger partial charge in [0.2, 0.25) is 4.96 Å². The van der Waals surface area contributed by atoms with E-state index in [2.05, 4.69) is 20.6 Å². The highest BCUT2D eigenvalue weighted by atomic mass is 35.5. The Hall–Kier alpha value is -3.37. The van der Waals surface area contributed by atoms with Crippen LogP contribution in [0.25, 0.3) is 15.5 Å². The van der Waals surface area contributed by atoms with Gasteiger partial charge in [-0.05, 0) is 30.3 Å². The number of aromatic nitrogens is 4. The number of benzene rings is 2. The van der Waals surface area contributed by atoms with E-state index in [0.29, 0.717) is 5.69 Å². The summed E-state index contributed by atoms with van der Waals surface area (Å²) in [6.07, 6.45) is 0.732. The smallest absolute Gasteiger partial charge is 0.270 e. The van der Waals surface area contributed by atoms with Crippen LogP contribution in [0.3, 0.4) is 0 Å². The number of hydrogen-bond donors (Lipinski definition) is 1. The Kier molecular flexibility index (Phi) is 4.95. The van der Waals surface area contributed by atoms with E-state index in [1.807, 2.05) is 19.1 Å². The van der Waals surface area contributed by atoms with E-state index >= 15 is 0 Å². The molecule has 0 saturated carbocycles. The number of amides is 1. The van der Waals surface area contributed by atoms with E-state index < -0.39 is 10.8 Å². The maximum absolute atomic E-state index is 12.5. The summed E-state index contributed by atoms with van der Waals surface area (Å²) in [4.78, 5) is 23.5. The minimum Gasteiger partial charge on any atom is -0.322 e. The van der Waals surface area contributed by atoms with Crippen LogP contribution in [0.15, 0.2) is 42.5 Å². The van der Waals surface area contributed by atoms with Crippen molar-refractivity contribution in [2.75, 3.05) is 5.32 Å². The zero-order chi connectivity index (χ0) is 20.5. The van der Waals surface area contributed by atoms with Gasteiger partial charge in [-0.25, -0.2) is 0 Å². The number of rotatable bonds is 5. The molecule has 0 radical (unpaired) electrons. The van der Waals surface area contributed by atoms with Gasteiger partial charge in [0.15, 0.2) is 5.82 Å². The van der Waals surface area contributed by atoms with Gasteiger partial charge in [-0.1, -0.05) is 29.9 Å². The number of halogens is 1. The van der Waals surface area contributed by atoms with Gasteiger partial charge in [0.25, 0.3) is 11.6 Å². The van der Waals surface area contributed by atoms with Crippen molar-refractivity contribution in [2.45, 2.75) is 13.3 Å². The number of non-ortho nitro benzene ring substituents is 1. The van der Waals surface area contributed by atoms with Crippen LogP contribution < -0.4 is 5.32 Å². The second kappa shape index (κ2) is 7.57. The lowest BCUT2D eigenvalue weighted by atomic mass is 10.1. The Morgan fingerprint density at radius 3 is 2.69 bits per heavy atom. The fraction of sp³-hybridized carbons (Fsp3) is 0.111. The Bertz CT molecular complexity index is 1230. The predicted molar refractivity (Wildman–Crippen MR) is 110 cm³/mol. The molecule has 0 fully saturated rings. The highest BCUT2D eigenvalue weighted by Crippen LogP contribution is 2.27. The number of anilines is 1. The average molecular weight is 429 g/mol. The largest absolute Gasteiger partial charge is 0.322 e. The molecule has 2 heterocycles. The molecule has 2 aromatic heterocycles. The van der Waals surface area contributed by atoms with Gasteiger partial charge in [-0.2, -0.15) is 9.61 Å². The van der Waals surface area contributed by atoms with Gasteiger partial charge in [-0.3, -0.25) is 14.9 Å². The normalized spacial score (nSPS) is 11.0. The van der Waals surface area contributed by atoms with Gasteiger partial charge in [0.05, 0.1) is 15.5 Å². The zero-order valence-electron chi connectivity index (χ0n) is 15.0. The van der Waals surface area contributed by atoms with E-state index in [9.17, 15) is 14.9 Å². The van der Waals surface area contributed by atoms with E-state index in [1.54, 1.807) is 16.6 Å². The molecule has 0 unspecified atom stereocenters. The first-order valence-corrected chi connectivity index (χ1v) is 9.72. The molecule has 0 aliphatic rings. The van der Waals surface area contributed by atoms with Crippen molar-refractivity contribution in [3.8, 4) is 10.6 Å². The minimum atomic E-state index is -0.577. The molecular formula is C18H13ClN6O3S. The molecule has 0 saturated heterocycles. The summed E-state index contributed by atoms with van der Waals surface area (Å²) >= 11 is 7.44. The molecule has 1 N–H and O–H groups in total. The van der Waals surface area contributed by atoms with Crippen molar-refractivity contribution in [2.24, 2.45) is 0 Å². The van der Waals surface area contributed by atoms with Crippen LogP contribution >= 0.6 is 22.9 Å². The first-order valence-electron chi connectivity index (χ1n) is 8.53. The highest BCUT2D eigenvalue weighted by Gasteiger charge is 2.16. The molecule has 146 valence electrons. The third-order valence-electron chi connectivity index (χ3n) is 4.17. The summed E-state index contributed by atoms with van der Waals surface area (Å²) in [6, 6.07) is 10.8. The summed E-state index contributed by atoms with van der Waals surface area (Å²) < 4.78 is 1.72. The fourth-order valence-electron chi connectivity index (χ4n) is 2.69. The number of carbonyl (C=O) groups is 1. The second-order valence-corrected chi connectivity index (χ2v) is 7.39. The lowest BCUT2D eigenvalue weighted by Gasteiger charge is -2.07. The number of nitro groups is 1. The van der Waals surface area contributed by atoms with Crippen LogP contribution in [0.2, 0.25) is 5.02 Å². The van der Waals surface area contributed by atoms with Crippen LogP contribution in [-0.2, 0) is 6.42 Å². The zero-order valence-corrected chi connectivity index (χ0v) is 16.6. The number of nitro benzene ring substituents is 1. The maximum Gasteiger partial charge on any atom is 0.270 e. The molecule has 4 rings (SSSR count). The molecular weight excluding hydrogens is 416 g/mol. The Balaban J connectivity index is 1.55. The third kappa shape index (κ3) is 3.67. The quantitative estimate of drug-likeness (QED) is 0.375. The standard InChI is InChI=1S/C18H13ClN6O3S/c1-2-15-21-22-18-24(15)23-17(29-18)10-3-5-11(6-4-10)20-16(26)13-9-12(25(27)28)7-8-14(13)19/h3-9H,2H2,1H3,(H,20,26). The van der Waals surface area contributed by atoms with Crippen molar-refractivity contribution < 1.29 is 9.72 Å². The summed E-state index contributed by atoms with van der Waals surface area (Å²) in [7, 11) is 0. The maximum atomic E-state index is 12.5. The Labute approximate surface area is 173 Å². The van der Waals surface area contributed by atoms with Crippen LogP contribution in [0.5, 0.6) is 0 Å². The molecule has 0 bridgehead atoms. The van der Waals surface area contributed by atoms with Crippen LogP contribution in [-0.4, -0.2) is 30.6 Å². The van der Waals surface area contributed by atoms with Gasteiger partial charge >= 0.3 is 0 Å². The monoisotopic (exact) mass is 428 g/mol. The average Bonchev–Trinajstić information content (AvgIpc) is 3.29. The molecule has 0 atom stereocenters. The number of nitrogens with zero attached hydrogens (tertiary/aromatic N) is 5. The predicted octanol–water partition coefficient (Wildman–Crippen LogP) is 4.23. The summed E-state index contributed by atoms with van der Waals surface area (Å²) in [5.41, 5.74) is 1.22. The number of carbonyl (C=O) groups excluding carboxylic acids is 1. The third-order valence-corrected chi connectivity index (χ3v) is 5.44. The molecule has 0 spiro atoms. The van der Waals surface area contributed by atoms with Gasteiger partial charge < -0.3 is 5.32 Å². The van der Waals surface area contributed by atoms with Crippen LogP contribution in [0, 0.1) is 10.1 Å². The lowest BCUT2D eigenvalue weighted by Crippen LogP contribution is -2.12. The van der Waals surface area contributed by atoms with Gasteiger partial charge in [0, 0.05) is 29.8 Å². The summed E-state index contributed by atoms with van der Waals surface area (Å²) in [5, 5.41) is 27.2. The molecule has 0 aliphatic carbocycles. The van der Waals surface area contributed by atoms with Crippen LogP contribution in [0.4, 0.5) is 11.4 Å². The topological polar surface area (TPSA) is 115 Å². The number of fused-ring (bicyclic) bond motifs is 1. The van der Waals surface area contributed by atoms with Crippen LogP contribution in [0.1, 0.15) is 23.1 Å². The Morgan fingerprint density at radius 2 is 2.00 bits per heavy atom. The molecule has 1 amide bonds. The van der Waals surface area contributed by atoms with Gasteiger partial charge in [-0.15, -0.1) is 10.2 Å². The second-order valence-electron chi connectivity index (χ2n) is 6.02. The Morgan fingerprint density at radius 1 is 1.24 bits per heavy atom. The van der Waals surface area contributed by atoms with E-state index in [4.69, 9.17) is 11.6 Å². The number of aryl methyl sites for hydroxylation is 1. The fourth-order valence-corrected chi connectivity index (χ4v) is 3.76. The molecule has 9 nitrogen and oxygen atoms in total. The molecule has 29 heavy (non-hydrogen) atoms. The van der Waals surface area contributed by atoms with Crippen molar-refractivity contribution in [3.05, 3.63) is 69.0 Å². The molecule has 4 aromatic rings. The summed E-state index contributed by atoms with van der Waals surface area (Å²) in [6.45, 7) is 1.99. The molecule has 11 heteroatoms. The van der Waals surface area contributed by atoms with Gasteiger partial charge in [0.1, 0.15) is 5.01 Å². The molecule has 2 aromatic carbocycles. The van der Waals surface area contributed by atoms with E-state index in [-0.39, 0.29) is 16.3 Å². The SMILES string of the molecule is CCc1nnc2sc(-c3ccc(NC(=O)c4cc([N+](=O)[O-])ccc4Cl)cc3)nn12. The number of hydrogen-bond acceptors (Lipinski definition) is 7.